The third-order valence-electron chi connectivity index (χ3n) is 3.35. The fraction of sp³-hybridized carbons (Fsp3) is 0.538. The summed E-state index contributed by atoms with van der Waals surface area (Å²) in [4.78, 5) is 0. The van der Waals surface area contributed by atoms with Crippen molar-refractivity contribution in [2.75, 3.05) is 0 Å². The van der Waals surface area contributed by atoms with Crippen molar-refractivity contribution in [3.63, 3.8) is 0 Å². The second kappa shape index (κ2) is 4.15. The molecule has 0 aliphatic heterocycles. The molecule has 0 saturated heterocycles. The van der Waals surface area contributed by atoms with Gasteiger partial charge >= 0.3 is 0 Å². The van der Waals surface area contributed by atoms with E-state index in [0.717, 1.165) is 30.7 Å². The lowest BCUT2D eigenvalue weighted by atomic mass is 9.77. The van der Waals surface area contributed by atoms with Gasteiger partial charge in [0.1, 0.15) is 0 Å². The van der Waals surface area contributed by atoms with Gasteiger partial charge in [0.25, 0.3) is 0 Å². The highest BCUT2D eigenvalue weighted by atomic mass is 35.5. The smallest absolute Gasteiger partial charge is 0.0620 e. The summed E-state index contributed by atoms with van der Waals surface area (Å²) in [5, 5.41) is 10.7. The van der Waals surface area contributed by atoms with Gasteiger partial charge in [-0.3, -0.25) is 0 Å². The Morgan fingerprint density at radius 1 is 1.47 bits per heavy atom. The average Bonchev–Trinajstić information content (AvgIpc) is 2.19. The summed E-state index contributed by atoms with van der Waals surface area (Å²) in [6.45, 7) is 1.92. The zero-order valence-electron chi connectivity index (χ0n) is 8.96. The van der Waals surface area contributed by atoms with Gasteiger partial charge < -0.3 is 5.11 Å². The Labute approximate surface area is 96.1 Å². The second-order valence-electron chi connectivity index (χ2n) is 4.72. The number of aliphatic hydroxyl groups is 1. The van der Waals surface area contributed by atoms with Crippen LogP contribution in [0.3, 0.4) is 0 Å². The van der Waals surface area contributed by atoms with Crippen LogP contribution in [-0.2, 0) is 0 Å². The molecule has 2 rings (SSSR count). The molecule has 1 N–H and O–H groups in total. The topological polar surface area (TPSA) is 20.2 Å². The summed E-state index contributed by atoms with van der Waals surface area (Å²) >= 11 is 6.13. The van der Waals surface area contributed by atoms with E-state index >= 15 is 0 Å². The maximum atomic E-state index is 9.87. The van der Waals surface area contributed by atoms with Crippen LogP contribution in [0.4, 0.5) is 0 Å². The van der Waals surface area contributed by atoms with Crippen molar-refractivity contribution in [2.24, 2.45) is 0 Å². The molecule has 0 amide bonds. The zero-order valence-corrected chi connectivity index (χ0v) is 9.72. The van der Waals surface area contributed by atoms with E-state index in [1.807, 2.05) is 25.1 Å². The first-order valence-corrected chi connectivity index (χ1v) is 5.84. The summed E-state index contributed by atoms with van der Waals surface area (Å²) in [7, 11) is 0. The van der Waals surface area contributed by atoms with Gasteiger partial charge in [0, 0.05) is 5.02 Å². The largest absolute Gasteiger partial charge is 0.390 e. The van der Waals surface area contributed by atoms with Crippen LogP contribution in [0.1, 0.15) is 44.1 Å². The summed E-state index contributed by atoms with van der Waals surface area (Å²) in [5.74, 6) is 0.507. The molecule has 0 spiro atoms. The van der Waals surface area contributed by atoms with Crippen LogP contribution < -0.4 is 0 Å². The van der Waals surface area contributed by atoms with E-state index in [2.05, 4.69) is 6.07 Å². The molecule has 1 saturated carbocycles. The van der Waals surface area contributed by atoms with Crippen LogP contribution in [0, 0.1) is 6.07 Å². The highest BCUT2D eigenvalue weighted by Crippen LogP contribution is 2.39. The Bertz CT molecular complexity index is 336. The number of hydrogen-bond acceptors (Lipinski definition) is 1. The average molecular weight is 224 g/mol. The van der Waals surface area contributed by atoms with Crippen molar-refractivity contribution in [3.05, 3.63) is 34.9 Å². The van der Waals surface area contributed by atoms with Crippen LogP contribution >= 0.6 is 11.6 Å². The van der Waals surface area contributed by atoms with Crippen molar-refractivity contribution in [3.8, 4) is 0 Å². The van der Waals surface area contributed by atoms with Crippen LogP contribution in [0.2, 0.25) is 5.02 Å². The Morgan fingerprint density at radius 3 is 2.73 bits per heavy atom. The van der Waals surface area contributed by atoms with Gasteiger partial charge in [-0.05, 0) is 56.2 Å². The third-order valence-corrected chi connectivity index (χ3v) is 3.67. The fourth-order valence-corrected chi connectivity index (χ4v) is 2.58. The minimum atomic E-state index is -0.468. The molecule has 1 aliphatic carbocycles. The maximum absolute atomic E-state index is 9.87. The first-order valence-electron chi connectivity index (χ1n) is 5.46. The van der Waals surface area contributed by atoms with Crippen LogP contribution in [0.25, 0.3) is 0 Å². The Morgan fingerprint density at radius 2 is 2.13 bits per heavy atom. The van der Waals surface area contributed by atoms with Crippen molar-refractivity contribution in [1.82, 2.24) is 0 Å². The normalized spacial score (nSPS) is 31.5. The van der Waals surface area contributed by atoms with E-state index in [1.54, 1.807) is 0 Å². The lowest BCUT2D eigenvalue weighted by molar-refractivity contribution is 0.0172. The Kier molecular flexibility index (Phi) is 3.03. The molecule has 15 heavy (non-hydrogen) atoms. The lowest BCUT2D eigenvalue weighted by Gasteiger charge is -2.33. The maximum Gasteiger partial charge on any atom is 0.0620 e. The van der Waals surface area contributed by atoms with E-state index < -0.39 is 5.60 Å². The van der Waals surface area contributed by atoms with Gasteiger partial charge in [0.05, 0.1) is 5.60 Å². The fourth-order valence-electron chi connectivity index (χ4n) is 2.30. The molecule has 1 fully saturated rings. The zero-order chi connectivity index (χ0) is 10.9. The van der Waals surface area contributed by atoms with Crippen molar-refractivity contribution in [1.29, 1.82) is 0 Å². The number of benzene rings is 1. The highest BCUT2D eigenvalue weighted by Gasteiger charge is 2.29. The molecule has 1 radical (unpaired) electrons. The third kappa shape index (κ3) is 2.53. The molecule has 0 heterocycles. The summed E-state index contributed by atoms with van der Waals surface area (Å²) in [5.41, 5.74) is 0.745. The molecule has 0 unspecified atom stereocenters. The first-order chi connectivity index (χ1) is 7.08. The van der Waals surface area contributed by atoms with Gasteiger partial charge in [0.2, 0.25) is 0 Å². The molecule has 2 heteroatoms. The predicted octanol–water partition coefficient (Wildman–Crippen LogP) is 3.55. The van der Waals surface area contributed by atoms with Gasteiger partial charge in [0.15, 0.2) is 0 Å². The molecule has 0 bridgehead atoms. The summed E-state index contributed by atoms with van der Waals surface area (Å²) in [6.07, 6.45) is 3.78. The van der Waals surface area contributed by atoms with Gasteiger partial charge in [-0.25, -0.2) is 0 Å². The van der Waals surface area contributed by atoms with Gasteiger partial charge in [-0.15, -0.1) is 0 Å². The molecular weight excluding hydrogens is 208 g/mol. The Balaban J connectivity index is 2.11. The molecule has 0 atom stereocenters. The molecule has 0 aromatic heterocycles. The SMILES string of the molecule is CC1(O)CCC(c2cc[c]cc2Cl)CC1. The van der Waals surface area contributed by atoms with Crippen LogP contribution in [0.15, 0.2) is 18.2 Å². The van der Waals surface area contributed by atoms with E-state index in [4.69, 9.17) is 11.6 Å². The number of halogens is 1. The number of hydrogen-bond donors (Lipinski definition) is 1. The molecule has 1 aromatic rings. The van der Waals surface area contributed by atoms with E-state index in [-0.39, 0.29) is 0 Å². The molecule has 1 nitrogen and oxygen atoms in total. The van der Waals surface area contributed by atoms with E-state index in [9.17, 15) is 5.11 Å². The molecule has 1 aliphatic rings. The van der Waals surface area contributed by atoms with Gasteiger partial charge in [-0.1, -0.05) is 23.7 Å². The van der Waals surface area contributed by atoms with Gasteiger partial charge in [-0.2, -0.15) is 0 Å². The van der Waals surface area contributed by atoms with Crippen molar-refractivity contribution < 1.29 is 5.11 Å². The van der Waals surface area contributed by atoms with Crippen LogP contribution in [0.5, 0.6) is 0 Å². The first kappa shape index (κ1) is 11.0. The standard InChI is InChI=1S/C13H16ClO/c1-13(15)8-6-10(7-9-13)11-4-2-3-5-12(11)14/h2,4-5,10,15H,6-9H2,1H3. The molecular formula is C13H16ClO. The van der Waals surface area contributed by atoms with Crippen molar-refractivity contribution in [2.45, 2.75) is 44.1 Å². The predicted molar refractivity (Wildman–Crippen MR) is 62.1 cm³/mol. The minimum absolute atomic E-state index is 0.468. The summed E-state index contributed by atoms with van der Waals surface area (Å²) in [6, 6.07) is 8.76. The minimum Gasteiger partial charge on any atom is -0.390 e. The molecule has 81 valence electrons. The second-order valence-corrected chi connectivity index (χ2v) is 5.13. The number of rotatable bonds is 1. The highest BCUT2D eigenvalue weighted by molar-refractivity contribution is 6.31. The monoisotopic (exact) mass is 223 g/mol. The Hall–Kier alpha value is -0.530. The van der Waals surface area contributed by atoms with Crippen molar-refractivity contribution >= 4 is 11.6 Å². The lowest BCUT2D eigenvalue weighted by Crippen LogP contribution is -2.29. The summed E-state index contributed by atoms with van der Waals surface area (Å²) < 4.78 is 0. The van der Waals surface area contributed by atoms with E-state index in [0.29, 0.717) is 5.92 Å². The quantitative estimate of drug-likeness (QED) is 0.772. The van der Waals surface area contributed by atoms with E-state index in [1.165, 1.54) is 5.56 Å². The molecule has 1 aromatic carbocycles. The van der Waals surface area contributed by atoms with Crippen LogP contribution in [-0.4, -0.2) is 10.7 Å².